The summed E-state index contributed by atoms with van der Waals surface area (Å²) >= 11 is 3.27. The molecule has 0 saturated heterocycles. The Bertz CT molecular complexity index is 1240. The van der Waals surface area contributed by atoms with Crippen LogP contribution in [0.3, 0.4) is 0 Å². The van der Waals surface area contributed by atoms with Crippen molar-refractivity contribution in [3.8, 4) is 0 Å². The third-order valence-electron chi connectivity index (χ3n) is 4.69. The third-order valence-corrected chi connectivity index (χ3v) is 5.16. The van der Waals surface area contributed by atoms with Gasteiger partial charge in [-0.3, -0.25) is 24.1 Å². The van der Waals surface area contributed by atoms with Crippen molar-refractivity contribution in [1.82, 2.24) is 4.57 Å². The number of amides is 3. The number of para-hydroxylation sites is 2. The Morgan fingerprint density at radius 2 is 1.74 bits per heavy atom. The molecule has 0 unspecified atom stereocenters. The van der Waals surface area contributed by atoms with Crippen molar-refractivity contribution in [1.29, 1.82) is 0 Å². The number of aromatic nitrogens is 1. The first kappa shape index (κ1) is 20.5. The van der Waals surface area contributed by atoms with Crippen LogP contribution in [-0.2, 0) is 16.1 Å². The fourth-order valence-electron chi connectivity index (χ4n) is 3.25. The van der Waals surface area contributed by atoms with Gasteiger partial charge in [-0.15, -0.1) is 0 Å². The first-order valence-electron chi connectivity index (χ1n) is 9.37. The van der Waals surface area contributed by atoms with Crippen molar-refractivity contribution in [2.45, 2.75) is 6.54 Å². The van der Waals surface area contributed by atoms with Gasteiger partial charge in [-0.1, -0.05) is 12.1 Å². The van der Waals surface area contributed by atoms with Crippen LogP contribution < -0.4 is 21.1 Å². The SMILES string of the molecule is O=C(Cn1cc(Br)ccc1=O)Nc1ccc(C(=O)N2CC(=O)Nc3ccccc32)cc1. The van der Waals surface area contributed by atoms with Crippen LogP contribution in [0.15, 0.2) is 76.1 Å². The molecule has 0 radical (unpaired) electrons. The van der Waals surface area contributed by atoms with E-state index in [-0.39, 0.29) is 36.4 Å². The molecule has 2 N–H and O–H groups in total. The number of pyridine rings is 1. The summed E-state index contributed by atoms with van der Waals surface area (Å²) < 4.78 is 1.98. The van der Waals surface area contributed by atoms with Gasteiger partial charge in [0.05, 0.1) is 11.4 Å². The van der Waals surface area contributed by atoms with E-state index in [4.69, 9.17) is 0 Å². The molecule has 1 aliphatic heterocycles. The highest BCUT2D eigenvalue weighted by Crippen LogP contribution is 2.30. The molecule has 4 rings (SSSR count). The molecule has 3 amide bonds. The molecule has 0 bridgehead atoms. The fraction of sp³-hybridized carbons (Fsp3) is 0.0909. The molecule has 3 aromatic rings. The number of nitrogens with one attached hydrogen (secondary N) is 2. The van der Waals surface area contributed by atoms with Crippen LogP contribution in [0, 0.1) is 0 Å². The topological polar surface area (TPSA) is 101 Å². The molecule has 0 spiro atoms. The molecule has 1 aromatic heterocycles. The number of benzene rings is 2. The molecule has 0 fully saturated rings. The largest absolute Gasteiger partial charge is 0.325 e. The molecule has 2 heterocycles. The summed E-state index contributed by atoms with van der Waals surface area (Å²) in [5.74, 6) is -0.958. The molecule has 8 nitrogen and oxygen atoms in total. The summed E-state index contributed by atoms with van der Waals surface area (Å²) in [7, 11) is 0. The zero-order valence-corrected chi connectivity index (χ0v) is 17.8. The van der Waals surface area contributed by atoms with Gasteiger partial charge >= 0.3 is 0 Å². The lowest BCUT2D eigenvalue weighted by molar-refractivity contribution is -0.117. The summed E-state index contributed by atoms with van der Waals surface area (Å²) in [6.45, 7) is -0.214. The van der Waals surface area contributed by atoms with Gasteiger partial charge in [0, 0.05) is 28.0 Å². The van der Waals surface area contributed by atoms with Crippen molar-refractivity contribution in [3.63, 3.8) is 0 Å². The lowest BCUT2D eigenvalue weighted by Crippen LogP contribution is -2.42. The average molecular weight is 481 g/mol. The van der Waals surface area contributed by atoms with E-state index in [1.54, 1.807) is 54.6 Å². The van der Waals surface area contributed by atoms with Crippen LogP contribution in [0.1, 0.15) is 10.4 Å². The molecule has 0 aliphatic carbocycles. The van der Waals surface area contributed by atoms with Crippen molar-refractivity contribution < 1.29 is 14.4 Å². The molecule has 2 aromatic carbocycles. The van der Waals surface area contributed by atoms with Crippen molar-refractivity contribution in [2.24, 2.45) is 0 Å². The number of hydrogen-bond acceptors (Lipinski definition) is 4. The highest BCUT2D eigenvalue weighted by Gasteiger charge is 2.27. The van der Waals surface area contributed by atoms with Crippen molar-refractivity contribution in [2.75, 3.05) is 22.1 Å². The van der Waals surface area contributed by atoms with Gasteiger partial charge in [0.25, 0.3) is 11.5 Å². The summed E-state index contributed by atoms with van der Waals surface area (Å²) in [5.41, 5.74) is 1.79. The molecular formula is C22H17BrN4O4. The Morgan fingerprint density at radius 3 is 2.52 bits per heavy atom. The van der Waals surface area contributed by atoms with Crippen LogP contribution in [0.25, 0.3) is 0 Å². The highest BCUT2D eigenvalue weighted by atomic mass is 79.9. The second kappa shape index (κ2) is 8.57. The minimum absolute atomic E-state index is 0.0737. The van der Waals surface area contributed by atoms with Gasteiger partial charge in [0.15, 0.2) is 0 Å². The monoisotopic (exact) mass is 480 g/mol. The summed E-state index contributed by atoms with van der Waals surface area (Å²) in [4.78, 5) is 50.5. The van der Waals surface area contributed by atoms with Gasteiger partial charge in [-0.05, 0) is 58.4 Å². The number of hydrogen-bond donors (Lipinski definition) is 2. The zero-order valence-electron chi connectivity index (χ0n) is 16.2. The van der Waals surface area contributed by atoms with Crippen molar-refractivity contribution >= 4 is 50.7 Å². The number of anilines is 3. The molecule has 31 heavy (non-hydrogen) atoms. The van der Waals surface area contributed by atoms with E-state index >= 15 is 0 Å². The van der Waals surface area contributed by atoms with Gasteiger partial charge in [-0.2, -0.15) is 0 Å². The van der Waals surface area contributed by atoms with E-state index in [2.05, 4.69) is 26.6 Å². The van der Waals surface area contributed by atoms with E-state index < -0.39 is 0 Å². The predicted octanol–water partition coefficient (Wildman–Crippen LogP) is 2.85. The van der Waals surface area contributed by atoms with Crippen LogP contribution in [0.2, 0.25) is 0 Å². The van der Waals surface area contributed by atoms with E-state index in [0.29, 0.717) is 27.1 Å². The van der Waals surface area contributed by atoms with Gasteiger partial charge in [0.2, 0.25) is 11.8 Å². The fourth-order valence-corrected chi connectivity index (χ4v) is 3.63. The Labute approximate surface area is 185 Å². The number of fused-ring (bicyclic) bond motifs is 1. The predicted molar refractivity (Wildman–Crippen MR) is 120 cm³/mol. The van der Waals surface area contributed by atoms with E-state index in [9.17, 15) is 19.2 Å². The maximum atomic E-state index is 13.0. The maximum Gasteiger partial charge on any atom is 0.258 e. The van der Waals surface area contributed by atoms with Crippen LogP contribution in [-0.4, -0.2) is 28.8 Å². The Balaban J connectivity index is 1.46. The number of carbonyl (C=O) groups excluding carboxylic acids is 3. The second-order valence-electron chi connectivity index (χ2n) is 6.90. The van der Waals surface area contributed by atoms with E-state index in [1.807, 2.05) is 0 Å². The zero-order chi connectivity index (χ0) is 22.0. The number of rotatable bonds is 4. The number of carbonyl (C=O) groups is 3. The normalized spacial score (nSPS) is 12.7. The Kier molecular flexibility index (Phi) is 5.68. The first-order valence-corrected chi connectivity index (χ1v) is 10.2. The number of halogens is 1. The molecule has 1 aliphatic rings. The Morgan fingerprint density at radius 1 is 1.00 bits per heavy atom. The van der Waals surface area contributed by atoms with Gasteiger partial charge in [0.1, 0.15) is 13.1 Å². The van der Waals surface area contributed by atoms with Crippen LogP contribution in [0.5, 0.6) is 0 Å². The smallest absolute Gasteiger partial charge is 0.258 e. The molecule has 0 atom stereocenters. The van der Waals surface area contributed by atoms with Gasteiger partial charge in [-0.25, -0.2) is 0 Å². The highest BCUT2D eigenvalue weighted by molar-refractivity contribution is 9.10. The average Bonchev–Trinajstić information content (AvgIpc) is 2.75. The van der Waals surface area contributed by atoms with Crippen LogP contribution >= 0.6 is 15.9 Å². The molecule has 156 valence electrons. The van der Waals surface area contributed by atoms with Gasteiger partial charge < -0.3 is 15.2 Å². The minimum Gasteiger partial charge on any atom is -0.325 e. The van der Waals surface area contributed by atoms with E-state index in [1.165, 1.54) is 21.7 Å². The summed E-state index contributed by atoms with van der Waals surface area (Å²) in [6, 6.07) is 16.4. The quantitative estimate of drug-likeness (QED) is 0.599. The summed E-state index contributed by atoms with van der Waals surface area (Å²) in [6.07, 6.45) is 1.54. The first-order chi connectivity index (χ1) is 14.9. The maximum absolute atomic E-state index is 13.0. The molecular weight excluding hydrogens is 464 g/mol. The third kappa shape index (κ3) is 4.56. The lowest BCUT2D eigenvalue weighted by Gasteiger charge is -2.29. The Hall–Kier alpha value is -3.72. The molecule has 9 heteroatoms. The minimum atomic E-state index is -0.374. The second-order valence-corrected chi connectivity index (χ2v) is 7.81. The lowest BCUT2D eigenvalue weighted by atomic mass is 10.1. The summed E-state index contributed by atoms with van der Waals surface area (Å²) in [5, 5.41) is 5.45. The standard InChI is InChI=1S/C22H17BrN4O4/c23-15-7-10-21(30)26(11-15)12-19(28)24-16-8-5-14(6-9-16)22(31)27-13-20(29)25-17-3-1-2-4-18(17)27/h1-11H,12-13H2,(H,24,28)(H,25,29). The van der Waals surface area contributed by atoms with Crippen molar-refractivity contribution in [3.05, 3.63) is 87.3 Å². The van der Waals surface area contributed by atoms with E-state index in [0.717, 1.165) is 0 Å². The molecule has 0 saturated carbocycles. The number of nitrogens with zero attached hydrogens (tertiary/aromatic N) is 2. The van der Waals surface area contributed by atoms with Crippen LogP contribution in [0.4, 0.5) is 17.1 Å².